The molecule has 1 saturated carbocycles. The van der Waals surface area contributed by atoms with Crippen molar-refractivity contribution in [1.82, 2.24) is 5.32 Å². The number of ether oxygens (including phenoxy) is 1. The Labute approximate surface area is 127 Å². The molecule has 1 spiro atoms. The molecule has 0 bridgehead atoms. The third-order valence-electron chi connectivity index (χ3n) is 5.13. The first-order valence-electron chi connectivity index (χ1n) is 8.34. The van der Waals surface area contributed by atoms with E-state index < -0.39 is 0 Å². The zero-order chi connectivity index (χ0) is 14.7. The van der Waals surface area contributed by atoms with Gasteiger partial charge in [-0.1, -0.05) is 31.4 Å². The fraction of sp³-hybridized carbons (Fsp3) is 0.667. The molecular formula is C18H26FNO. The van der Waals surface area contributed by atoms with Crippen molar-refractivity contribution in [2.75, 3.05) is 6.54 Å². The van der Waals surface area contributed by atoms with Gasteiger partial charge in [-0.05, 0) is 50.3 Å². The van der Waals surface area contributed by atoms with E-state index in [0.717, 1.165) is 12.1 Å². The van der Waals surface area contributed by atoms with E-state index in [9.17, 15) is 4.39 Å². The highest BCUT2D eigenvalue weighted by molar-refractivity contribution is 5.19. The molecule has 2 atom stereocenters. The van der Waals surface area contributed by atoms with E-state index in [1.807, 2.05) is 12.1 Å². The van der Waals surface area contributed by atoms with Crippen LogP contribution in [0.25, 0.3) is 0 Å². The lowest BCUT2D eigenvalue weighted by molar-refractivity contribution is -0.0628. The molecule has 1 heterocycles. The average Bonchev–Trinajstić information content (AvgIpc) is 2.89. The van der Waals surface area contributed by atoms with Gasteiger partial charge in [-0.25, -0.2) is 4.39 Å². The van der Waals surface area contributed by atoms with Crippen molar-refractivity contribution < 1.29 is 9.13 Å². The van der Waals surface area contributed by atoms with Crippen molar-refractivity contribution in [2.45, 2.75) is 69.6 Å². The molecule has 21 heavy (non-hydrogen) atoms. The topological polar surface area (TPSA) is 21.3 Å². The lowest BCUT2D eigenvalue weighted by Gasteiger charge is -2.33. The highest BCUT2D eigenvalue weighted by atomic mass is 19.1. The second kappa shape index (κ2) is 6.45. The van der Waals surface area contributed by atoms with Crippen LogP contribution in [0.1, 0.15) is 63.5 Å². The first-order valence-corrected chi connectivity index (χ1v) is 8.34. The zero-order valence-electron chi connectivity index (χ0n) is 12.9. The number of benzene rings is 1. The Bertz CT molecular complexity index is 453. The van der Waals surface area contributed by atoms with Gasteiger partial charge in [0.2, 0.25) is 0 Å². The van der Waals surface area contributed by atoms with Crippen molar-refractivity contribution in [3.63, 3.8) is 0 Å². The molecule has 1 aliphatic carbocycles. The molecule has 1 aromatic carbocycles. The summed E-state index contributed by atoms with van der Waals surface area (Å²) in [5.41, 5.74) is 1.32. The summed E-state index contributed by atoms with van der Waals surface area (Å²) >= 11 is 0. The van der Waals surface area contributed by atoms with Crippen LogP contribution in [-0.2, 0) is 4.74 Å². The number of rotatable bonds is 4. The molecule has 3 rings (SSSR count). The fourth-order valence-corrected chi connectivity index (χ4v) is 3.78. The van der Waals surface area contributed by atoms with Gasteiger partial charge in [0, 0.05) is 12.6 Å². The van der Waals surface area contributed by atoms with Gasteiger partial charge in [-0.2, -0.15) is 0 Å². The smallest absolute Gasteiger partial charge is 0.123 e. The standard InChI is InChI=1S/C18H26FNO/c1-14(15-5-7-16(19)8-6-15)20-13-17-9-12-18(21-17)10-3-2-4-11-18/h5-8,14,17,20H,2-4,9-13H2,1H3/t14-,17?/m1/s1. The van der Waals surface area contributed by atoms with Gasteiger partial charge in [0.15, 0.2) is 0 Å². The predicted molar refractivity (Wildman–Crippen MR) is 82.7 cm³/mol. The molecular weight excluding hydrogens is 265 g/mol. The van der Waals surface area contributed by atoms with E-state index in [0.29, 0.717) is 6.10 Å². The van der Waals surface area contributed by atoms with Crippen LogP contribution in [0.4, 0.5) is 4.39 Å². The normalized spacial score (nSPS) is 26.1. The van der Waals surface area contributed by atoms with E-state index in [1.54, 1.807) is 0 Å². The monoisotopic (exact) mass is 291 g/mol. The predicted octanol–water partition coefficient (Wildman–Crippen LogP) is 4.36. The fourth-order valence-electron chi connectivity index (χ4n) is 3.78. The van der Waals surface area contributed by atoms with Crippen molar-refractivity contribution in [3.8, 4) is 0 Å². The van der Waals surface area contributed by atoms with Crippen LogP contribution < -0.4 is 5.32 Å². The van der Waals surface area contributed by atoms with Crippen molar-refractivity contribution >= 4 is 0 Å². The summed E-state index contributed by atoms with van der Waals surface area (Å²) in [7, 11) is 0. The quantitative estimate of drug-likeness (QED) is 0.890. The maximum atomic E-state index is 12.9. The Morgan fingerprint density at radius 2 is 1.90 bits per heavy atom. The summed E-state index contributed by atoms with van der Waals surface area (Å²) in [6.07, 6.45) is 9.25. The number of nitrogens with one attached hydrogen (secondary N) is 1. The van der Waals surface area contributed by atoms with E-state index in [1.165, 1.54) is 57.1 Å². The van der Waals surface area contributed by atoms with Crippen LogP contribution >= 0.6 is 0 Å². The first kappa shape index (κ1) is 15.0. The Kier molecular flexibility index (Phi) is 4.60. The average molecular weight is 291 g/mol. The van der Waals surface area contributed by atoms with Crippen molar-refractivity contribution in [1.29, 1.82) is 0 Å². The van der Waals surface area contributed by atoms with Crippen LogP contribution in [0.2, 0.25) is 0 Å². The van der Waals surface area contributed by atoms with Gasteiger partial charge < -0.3 is 10.1 Å². The minimum absolute atomic E-state index is 0.177. The van der Waals surface area contributed by atoms with Crippen LogP contribution in [0, 0.1) is 5.82 Å². The largest absolute Gasteiger partial charge is 0.370 e. The zero-order valence-corrected chi connectivity index (χ0v) is 12.9. The summed E-state index contributed by atoms with van der Waals surface area (Å²) in [5.74, 6) is -0.177. The maximum Gasteiger partial charge on any atom is 0.123 e. The second-order valence-electron chi connectivity index (χ2n) is 6.70. The van der Waals surface area contributed by atoms with Crippen LogP contribution in [0.3, 0.4) is 0 Å². The summed E-state index contributed by atoms with van der Waals surface area (Å²) in [6, 6.07) is 6.99. The van der Waals surface area contributed by atoms with Gasteiger partial charge in [0.05, 0.1) is 11.7 Å². The lowest BCUT2D eigenvalue weighted by atomic mass is 9.83. The summed E-state index contributed by atoms with van der Waals surface area (Å²) in [4.78, 5) is 0. The number of halogens is 1. The molecule has 1 aliphatic heterocycles. The Balaban J connectivity index is 1.48. The Morgan fingerprint density at radius 1 is 1.19 bits per heavy atom. The maximum absolute atomic E-state index is 12.9. The van der Waals surface area contributed by atoms with Crippen LogP contribution in [0.5, 0.6) is 0 Å². The van der Waals surface area contributed by atoms with E-state index in [-0.39, 0.29) is 17.5 Å². The van der Waals surface area contributed by atoms with Crippen LogP contribution in [-0.4, -0.2) is 18.2 Å². The molecule has 3 heteroatoms. The molecule has 1 unspecified atom stereocenters. The molecule has 1 aromatic rings. The Hall–Kier alpha value is -0.930. The molecule has 2 fully saturated rings. The molecule has 2 nitrogen and oxygen atoms in total. The first-order chi connectivity index (χ1) is 10.2. The Morgan fingerprint density at radius 3 is 2.62 bits per heavy atom. The van der Waals surface area contributed by atoms with Crippen molar-refractivity contribution in [3.05, 3.63) is 35.6 Å². The summed E-state index contributed by atoms with van der Waals surface area (Å²) in [5, 5.41) is 3.53. The van der Waals surface area contributed by atoms with E-state index >= 15 is 0 Å². The molecule has 1 N–H and O–H groups in total. The molecule has 0 amide bonds. The van der Waals surface area contributed by atoms with Gasteiger partial charge in [-0.3, -0.25) is 0 Å². The SMILES string of the molecule is C[C@@H](NCC1CCC2(CCCCC2)O1)c1ccc(F)cc1. The highest BCUT2D eigenvalue weighted by Crippen LogP contribution is 2.41. The minimum atomic E-state index is -0.177. The second-order valence-corrected chi connectivity index (χ2v) is 6.70. The number of hydrogen-bond acceptors (Lipinski definition) is 2. The van der Waals surface area contributed by atoms with Gasteiger partial charge >= 0.3 is 0 Å². The molecule has 0 radical (unpaired) electrons. The van der Waals surface area contributed by atoms with Gasteiger partial charge in [0.25, 0.3) is 0 Å². The molecule has 2 aliphatic rings. The van der Waals surface area contributed by atoms with Gasteiger partial charge in [0.1, 0.15) is 5.82 Å². The molecule has 1 saturated heterocycles. The third-order valence-corrected chi connectivity index (χ3v) is 5.13. The lowest BCUT2D eigenvalue weighted by Crippen LogP contribution is -2.35. The van der Waals surface area contributed by atoms with E-state index in [2.05, 4.69) is 12.2 Å². The number of hydrogen-bond donors (Lipinski definition) is 1. The molecule has 116 valence electrons. The third kappa shape index (κ3) is 3.64. The summed E-state index contributed by atoms with van der Waals surface area (Å²) in [6.45, 7) is 3.01. The van der Waals surface area contributed by atoms with Crippen LogP contribution in [0.15, 0.2) is 24.3 Å². The van der Waals surface area contributed by atoms with Crippen molar-refractivity contribution in [2.24, 2.45) is 0 Å². The molecule has 0 aromatic heterocycles. The highest BCUT2D eigenvalue weighted by Gasteiger charge is 2.40. The van der Waals surface area contributed by atoms with Gasteiger partial charge in [-0.15, -0.1) is 0 Å². The minimum Gasteiger partial charge on any atom is -0.370 e. The van der Waals surface area contributed by atoms with E-state index in [4.69, 9.17) is 4.74 Å². The summed E-state index contributed by atoms with van der Waals surface area (Å²) < 4.78 is 19.3.